The molecule has 0 spiro atoms. The summed E-state index contributed by atoms with van der Waals surface area (Å²) in [4.78, 5) is 27.9. The third-order valence-electron chi connectivity index (χ3n) is 6.14. The summed E-state index contributed by atoms with van der Waals surface area (Å²) < 4.78 is 13.5. The number of carbonyl (C=O) groups is 2. The van der Waals surface area contributed by atoms with Crippen LogP contribution in [0.3, 0.4) is 0 Å². The van der Waals surface area contributed by atoms with Gasteiger partial charge in [-0.1, -0.05) is 25.0 Å². The largest absolute Gasteiger partial charge is 0.325 e. The molecule has 0 radical (unpaired) electrons. The first-order chi connectivity index (χ1) is 12.6. The van der Waals surface area contributed by atoms with Crippen LogP contribution in [0.25, 0.3) is 0 Å². The summed E-state index contributed by atoms with van der Waals surface area (Å²) in [5, 5.41) is 2.91. The average Bonchev–Trinajstić information content (AvgIpc) is 3.16. The molecule has 1 unspecified atom stereocenters. The summed E-state index contributed by atoms with van der Waals surface area (Å²) in [6, 6.07) is 6.22. The Morgan fingerprint density at radius 2 is 2.00 bits per heavy atom. The maximum Gasteiger partial charge on any atom is 0.236 e. The summed E-state index contributed by atoms with van der Waals surface area (Å²) in [5.74, 6) is -0.324. The molecule has 2 aliphatic carbocycles. The first kappa shape index (κ1) is 17.3. The Balaban J connectivity index is 1.65. The standard InChI is InChI=1S/C21H25FN2O2/c22-15-6-5-7-16(14-15)23-20(26)21-12-4-3-10-18(21)24(19(25)11-13-21)17-8-1-2-9-17/h5-7,10,14,17H,1-4,8-9,11-13H2,(H,23,26). The van der Waals surface area contributed by atoms with Gasteiger partial charge in [0.25, 0.3) is 0 Å². The molecule has 1 aromatic rings. The van der Waals surface area contributed by atoms with Crippen molar-refractivity contribution in [1.82, 2.24) is 4.90 Å². The number of halogens is 1. The second kappa shape index (κ2) is 6.86. The van der Waals surface area contributed by atoms with E-state index in [1.165, 1.54) is 12.1 Å². The highest BCUT2D eigenvalue weighted by Crippen LogP contribution is 2.49. The van der Waals surface area contributed by atoms with E-state index in [0.29, 0.717) is 18.5 Å². The number of piperidine rings is 1. The van der Waals surface area contributed by atoms with Gasteiger partial charge in [-0.25, -0.2) is 4.39 Å². The lowest BCUT2D eigenvalue weighted by molar-refractivity contribution is -0.140. The zero-order chi connectivity index (χ0) is 18.1. The van der Waals surface area contributed by atoms with E-state index in [0.717, 1.165) is 50.6 Å². The van der Waals surface area contributed by atoms with Crippen LogP contribution in [-0.2, 0) is 9.59 Å². The third kappa shape index (κ3) is 2.93. The van der Waals surface area contributed by atoms with Crippen LogP contribution in [0.15, 0.2) is 36.0 Å². The molecule has 26 heavy (non-hydrogen) atoms. The van der Waals surface area contributed by atoms with Gasteiger partial charge in [-0.3, -0.25) is 9.59 Å². The number of benzene rings is 1. The molecule has 1 saturated heterocycles. The lowest BCUT2D eigenvalue weighted by Gasteiger charge is -2.48. The summed E-state index contributed by atoms with van der Waals surface area (Å²) in [6.07, 6.45) is 9.96. The minimum Gasteiger partial charge on any atom is -0.325 e. The van der Waals surface area contributed by atoms with Gasteiger partial charge < -0.3 is 10.2 Å². The van der Waals surface area contributed by atoms with E-state index >= 15 is 0 Å². The molecular weight excluding hydrogens is 331 g/mol. The molecule has 2 fully saturated rings. The number of fused-ring (bicyclic) bond motifs is 1. The van der Waals surface area contributed by atoms with Crippen molar-refractivity contribution >= 4 is 17.5 Å². The third-order valence-corrected chi connectivity index (χ3v) is 6.14. The molecule has 1 aliphatic heterocycles. The van der Waals surface area contributed by atoms with Crippen molar-refractivity contribution < 1.29 is 14.0 Å². The molecule has 1 heterocycles. The lowest BCUT2D eigenvalue weighted by atomic mass is 9.68. The van der Waals surface area contributed by atoms with E-state index in [1.807, 2.05) is 4.90 Å². The maximum atomic E-state index is 13.5. The molecule has 4 rings (SSSR count). The highest BCUT2D eigenvalue weighted by atomic mass is 19.1. The predicted octanol–water partition coefficient (Wildman–Crippen LogP) is 4.38. The van der Waals surface area contributed by atoms with E-state index < -0.39 is 5.41 Å². The number of likely N-dealkylation sites (tertiary alicyclic amines) is 1. The molecule has 1 N–H and O–H groups in total. The second-order valence-corrected chi connectivity index (χ2v) is 7.73. The first-order valence-electron chi connectivity index (χ1n) is 9.70. The van der Waals surface area contributed by atoms with Crippen LogP contribution in [0.5, 0.6) is 0 Å². The average molecular weight is 356 g/mol. The molecule has 5 heteroatoms. The molecular formula is C21H25FN2O2. The van der Waals surface area contributed by atoms with Gasteiger partial charge in [-0.05, 0) is 56.7 Å². The second-order valence-electron chi connectivity index (χ2n) is 7.73. The molecule has 3 aliphatic rings. The normalized spacial score (nSPS) is 26.4. The monoisotopic (exact) mass is 356 g/mol. The van der Waals surface area contributed by atoms with E-state index in [9.17, 15) is 14.0 Å². The number of nitrogens with zero attached hydrogens (tertiary/aromatic N) is 1. The van der Waals surface area contributed by atoms with Crippen LogP contribution in [-0.4, -0.2) is 22.8 Å². The quantitative estimate of drug-likeness (QED) is 0.873. The van der Waals surface area contributed by atoms with Gasteiger partial charge in [0.15, 0.2) is 0 Å². The molecule has 0 bridgehead atoms. The van der Waals surface area contributed by atoms with Crippen LogP contribution >= 0.6 is 0 Å². The van der Waals surface area contributed by atoms with Crippen LogP contribution in [0, 0.1) is 11.2 Å². The summed E-state index contributed by atoms with van der Waals surface area (Å²) >= 11 is 0. The Labute approximate surface area is 153 Å². The number of amides is 2. The topological polar surface area (TPSA) is 49.4 Å². The van der Waals surface area contributed by atoms with Gasteiger partial charge in [0.1, 0.15) is 5.82 Å². The van der Waals surface area contributed by atoms with Crippen molar-refractivity contribution in [3.63, 3.8) is 0 Å². The minimum atomic E-state index is -0.666. The van der Waals surface area contributed by atoms with Crippen LogP contribution < -0.4 is 5.32 Å². The Morgan fingerprint density at radius 3 is 2.77 bits per heavy atom. The fourth-order valence-corrected chi connectivity index (χ4v) is 4.85. The van der Waals surface area contributed by atoms with E-state index in [1.54, 1.807) is 12.1 Å². The number of hydrogen-bond donors (Lipinski definition) is 1. The van der Waals surface area contributed by atoms with Gasteiger partial charge in [0, 0.05) is 23.8 Å². The van der Waals surface area contributed by atoms with E-state index in [2.05, 4.69) is 11.4 Å². The Kier molecular flexibility index (Phi) is 4.55. The van der Waals surface area contributed by atoms with Crippen molar-refractivity contribution in [3.8, 4) is 0 Å². The number of carbonyl (C=O) groups excluding carboxylic acids is 2. The van der Waals surface area contributed by atoms with E-state index in [4.69, 9.17) is 0 Å². The Bertz CT molecular complexity index is 754. The van der Waals surface area contributed by atoms with Gasteiger partial charge in [0.2, 0.25) is 11.8 Å². The molecule has 1 aromatic carbocycles. The molecule has 2 amide bonds. The lowest BCUT2D eigenvalue weighted by Crippen LogP contribution is -2.53. The van der Waals surface area contributed by atoms with Crippen molar-refractivity contribution in [3.05, 3.63) is 41.9 Å². The molecule has 0 aromatic heterocycles. The molecule has 1 saturated carbocycles. The van der Waals surface area contributed by atoms with Crippen molar-refractivity contribution in [2.24, 2.45) is 5.41 Å². The fourth-order valence-electron chi connectivity index (χ4n) is 4.85. The summed E-state index contributed by atoms with van der Waals surface area (Å²) in [7, 11) is 0. The Morgan fingerprint density at radius 1 is 1.19 bits per heavy atom. The molecule has 138 valence electrons. The Hall–Kier alpha value is -2.17. The fraction of sp³-hybridized carbons (Fsp3) is 0.524. The van der Waals surface area contributed by atoms with Crippen molar-refractivity contribution in [2.45, 2.75) is 63.8 Å². The van der Waals surface area contributed by atoms with Gasteiger partial charge in [0.05, 0.1) is 5.41 Å². The highest BCUT2D eigenvalue weighted by molar-refractivity contribution is 5.99. The van der Waals surface area contributed by atoms with Gasteiger partial charge >= 0.3 is 0 Å². The zero-order valence-corrected chi connectivity index (χ0v) is 15.0. The van der Waals surface area contributed by atoms with Crippen LogP contribution in [0.2, 0.25) is 0 Å². The minimum absolute atomic E-state index is 0.107. The zero-order valence-electron chi connectivity index (χ0n) is 15.0. The molecule has 4 nitrogen and oxygen atoms in total. The van der Waals surface area contributed by atoms with Crippen molar-refractivity contribution in [1.29, 1.82) is 0 Å². The predicted molar refractivity (Wildman–Crippen MR) is 97.7 cm³/mol. The van der Waals surface area contributed by atoms with Crippen LogP contribution in [0.4, 0.5) is 10.1 Å². The number of nitrogens with one attached hydrogen (secondary N) is 1. The van der Waals surface area contributed by atoms with Crippen LogP contribution in [0.1, 0.15) is 57.8 Å². The van der Waals surface area contributed by atoms with E-state index in [-0.39, 0.29) is 23.7 Å². The summed E-state index contributed by atoms with van der Waals surface area (Å²) in [5.41, 5.74) is 0.709. The number of hydrogen-bond acceptors (Lipinski definition) is 2. The van der Waals surface area contributed by atoms with Gasteiger partial charge in [-0.2, -0.15) is 0 Å². The van der Waals surface area contributed by atoms with Gasteiger partial charge in [-0.15, -0.1) is 0 Å². The first-order valence-corrected chi connectivity index (χ1v) is 9.70. The van der Waals surface area contributed by atoms with Crippen molar-refractivity contribution in [2.75, 3.05) is 5.32 Å². The maximum absolute atomic E-state index is 13.5. The highest BCUT2D eigenvalue weighted by Gasteiger charge is 2.51. The number of anilines is 1. The summed E-state index contributed by atoms with van der Waals surface area (Å²) in [6.45, 7) is 0. The smallest absolute Gasteiger partial charge is 0.236 e. The molecule has 1 atom stereocenters. The number of allylic oxidation sites excluding steroid dienone is 1. The SMILES string of the molecule is O=C1CCC2(C(=O)Nc3cccc(F)c3)CCCC=C2N1C1CCCC1. The number of rotatable bonds is 3.